The molecule has 0 aromatic rings. The van der Waals surface area contributed by atoms with E-state index >= 15 is 0 Å². The van der Waals surface area contributed by atoms with Gasteiger partial charge in [0, 0.05) is 0 Å². The molecule has 0 atom stereocenters. The van der Waals surface area contributed by atoms with Gasteiger partial charge in [0.25, 0.3) is 0 Å². The SMILES string of the molecule is CCCCN(C)CCC1CNC1. The fraction of sp³-hybridized carbons (Fsp3) is 1.00. The Bertz CT molecular complexity index is 110. The Morgan fingerprint density at radius 2 is 2.08 bits per heavy atom. The summed E-state index contributed by atoms with van der Waals surface area (Å²) >= 11 is 0. The monoisotopic (exact) mass is 170 g/mol. The molecule has 0 bridgehead atoms. The largest absolute Gasteiger partial charge is 0.316 e. The van der Waals surface area contributed by atoms with Gasteiger partial charge in [0.2, 0.25) is 0 Å². The lowest BCUT2D eigenvalue weighted by molar-refractivity contribution is 0.255. The molecule has 12 heavy (non-hydrogen) atoms. The van der Waals surface area contributed by atoms with E-state index in [1.807, 2.05) is 0 Å². The standard InChI is InChI=1S/C10H22N2/c1-3-4-6-12(2)7-5-10-8-11-9-10/h10-11H,3-9H2,1-2H3. The molecule has 0 unspecified atom stereocenters. The Kier molecular flexibility index (Phi) is 4.62. The molecule has 0 aromatic heterocycles. The van der Waals surface area contributed by atoms with E-state index in [1.54, 1.807) is 0 Å². The topological polar surface area (TPSA) is 15.3 Å². The van der Waals surface area contributed by atoms with Crippen LogP contribution in [-0.2, 0) is 0 Å². The summed E-state index contributed by atoms with van der Waals surface area (Å²) in [5.74, 6) is 0.967. The molecular weight excluding hydrogens is 148 g/mol. The predicted octanol–water partition coefficient (Wildman–Crippen LogP) is 1.33. The van der Waals surface area contributed by atoms with E-state index in [-0.39, 0.29) is 0 Å². The summed E-state index contributed by atoms with van der Waals surface area (Å²) in [6.45, 7) is 7.32. The second kappa shape index (κ2) is 5.55. The first kappa shape index (κ1) is 10.0. The lowest BCUT2D eigenvalue weighted by Crippen LogP contribution is -2.43. The van der Waals surface area contributed by atoms with Crippen LogP contribution in [-0.4, -0.2) is 38.1 Å². The Balaban J connectivity index is 1.90. The summed E-state index contributed by atoms with van der Waals surface area (Å²) in [6.07, 6.45) is 4.04. The van der Waals surface area contributed by atoms with Crippen LogP contribution in [0.2, 0.25) is 0 Å². The van der Waals surface area contributed by atoms with E-state index in [4.69, 9.17) is 0 Å². The maximum absolute atomic E-state index is 3.31. The third kappa shape index (κ3) is 3.55. The zero-order chi connectivity index (χ0) is 8.81. The molecule has 72 valence electrons. The van der Waals surface area contributed by atoms with Gasteiger partial charge in [-0.1, -0.05) is 13.3 Å². The molecule has 2 nitrogen and oxygen atoms in total. The summed E-state index contributed by atoms with van der Waals surface area (Å²) in [5.41, 5.74) is 0. The van der Waals surface area contributed by atoms with Crippen LogP contribution < -0.4 is 5.32 Å². The summed E-state index contributed by atoms with van der Waals surface area (Å²) in [6, 6.07) is 0. The third-order valence-corrected chi connectivity index (χ3v) is 2.68. The van der Waals surface area contributed by atoms with E-state index < -0.39 is 0 Å². The molecule has 1 aliphatic heterocycles. The Labute approximate surface area is 76.3 Å². The molecule has 1 fully saturated rings. The fourth-order valence-corrected chi connectivity index (χ4v) is 1.50. The smallest absolute Gasteiger partial charge is 0.000778 e. The number of hydrogen-bond acceptors (Lipinski definition) is 2. The van der Waals surface area contributed by atoms with Crippen LogP contribution >= 0.6 is 0 Å². The molecule has 0 amide bonds. The molecule has 0 saturated carbocycles. The van der Waals surface area contributed by atoms with Gasteiger partial charge >= 0.3 is 0 Å². The van der Waals surface area contributed by atoms with Crippen LogP contribution in [0.1, 0.15) is 26.2 Å². The zero-order valence-electron chi connectivity index (χ0n) is 8.47. The number of hydrogen-bond donors (Lipinski definition) is 1. The van der Waals surface area contributed by atoms with Gasteiger partial charge in [0.05, 0.1) is 0 Å². The van der Waals surface area contributed by atoms with E-state index in [9.17, 15) is 0 Å². The van der Waals surface area contributed by atoms with Crippen LogP contribution in [0.25, 0.3) is 0 Å². The van der Waals surface area contributed by atoms with Crippen molar-refractivity contribution in [2.75, 3.05) is 33.2 Å². The van der Waals surface area contributed by atoms with Crippen molar-refractivity contribution in [2.24, 2.45) is 5.92 Å². The number of nitrogens with one attached hydrogen (secondary N) is 1. The number of unbranched alkanes of at least 4 members (excludes halogenated alkanes) is 1. The molecule has 1 saturated heterocycles. The third-order valence-electron chi connectivity index (χ3n) is 2.68. The first-order chi connectivity index (χ1) is 5.83. The van der Waals surface area contributed by atoms with Gasteiger partial charge < -0.3 is 10.2 Å². The van der Waals surface area contributed by atoms with Crippen LogP contribution in [0.3, 0.4) is 0 Å². The fourth-order valence-electron chi connectivity index (χ4n) is 1.50. The van der Waals surface area contributed by atoms with Crippen LogP contribution in [0.15, 0.2) is 0 Å². The normalized spacial score (nSPS) is 18.2. The molecule has 1 heterocycles. The van der Waals surface area contributed by atoms with Crippen molar-refractivity contribution in [1.29, 1.82) is 0 Å². The van der Waals surface area contributed by atoms with Crippen LogP contribution in [0, 0.1) is 5.92 Å². The average molecular weight is 170 g/mol. The highest BCUT2D eigenvalue weighted by molar-refractivity contribution is 4.75. The lowest BCUT2D eigenvalue weighted by Gasteiger charge is -2.28. The summed E-state index contributed by atoms with van der Waals surface area (Å²) in [4.78, 5) is 2.46. The second-order valence-electron chi connectivity index (χ2n) is 3.97. The van der Waals surface area contributed by atoms with Crippen molar-refractivity contribution in [3.63, 3.8) is 0 Å². The molecule has 0 radical (unpaired) electrons. The van der Waals surface area contributed by atoms with E-state index in [1.165, 1.54) is 45.4 Å². The van der Waals surface area contributed by atoms with E-state index in [0.29, 0.717) is 0 Å². The summed E-state index contributed by atoms with van der Waals surface area (Å²) in [5, 5.41) is 3.31. The molecule has 0 spiro atoms. The van der Waals surface area contributed by atoms with Crippen LogP contribution in [0.4, 0.5) is 0 Å². The van der Waals surface area contributed by atoms with Gasteiger partial charge in [-0.25, -0.2) is 0 Å². The number of nitrogens with zero attached hydrogens (tertiary/aromatic N) is 1. The Hall–Kier alpha value is -0.0800. The zero-order valence-corrected chi connectivity index (χ0v) is 8.47. The minimum atomic E-state index is 0.967. The van der Waals surface area contributed by atoms with Gasteiger partial charge in [0.1, 0.15) is 0 Å². The molecule has 1 N–H and O–H groups in total. The summed E-state index contributed by atoms with van der Waals surface area (Å²) in [7, 11) is 2.24. The van der Waals surface area contributed by atoms with Crippen molar-refractivity contribution in [3.05, 3.63) is 0 Å². The minimum Gasteiger partial charge on any atom is -0.316 e. The van der Waals surface area contributed by atoms with Crippen molar-refractivity contribution in [3.8, 4) is 0 Å². The first-order valence-corrected chi connectivity index (χ1v) is 5.22. The van der Waals surface area contributed by atoms with Crippen molar-refractivity contribution in [2.45, 2.75) is 26.2 Å². The van der Waals surface area contributed by atoms with E-state index in [2.05, 4.69) is 24.2 Å². The van der Waals surface area contributed by atoms with Crippen molar-refractivity contribution in [1.82, 2.24) is 10.2 Å². The Morgan fingerprint density at radius 3 is 2.58 bits per heavy atom. The lowest BCUT2D eigenvalue weighted by atomic mass is 9.99. The molecule has 1 aliphatic rings. The van der Waals surface area contributed by atoms with Crippen molar-refractivity contribution >= 4 is 0 Å². The Morgan fingerprint density at radius 1 is 1.33 bits per heavy atom. The van der Waals surface area contributed by atoms with Crippen LogP contribution in [0.5, 0.6) is 0 Å². The van der Waals surface area contributed by atoms with Crippen molar-refractivity contribution < 1.29 is 0 Å². The first-order valence-electron chi connectivity index (χ1n) is 5.22. The molecule has 2 heteroatoms. The van der Waals surface area contributed by atoms with Gasteiger partial charge in [0.15, 0.2) is 0 Å². The maximum Gasteiger partial charge on any atom is -0.000778 e. The summed E-state index contributed by atoms with van der Waals surface area (Å²) < 4.78 is 0. The highest BCUT2D eigenvalue weighted by Crippen LogP contribution is 2.08. The molecule has 1 rings (SSSR count). The second-order valence-corrected chi connectivity index (χ2v) is 3.97. The quantitative estimate of drug-likeness (QED) is 0.647. The van der Waals surface area contributed by atoms with Gasteiger partial charge in [-0.3, -0.25) is 0 Å². The van der Waals surface area contributed by atoms with Gasteiger partial charge in [-0.2, -0.15) is 0 Å². The highest BCUT2D eigenvalue weighted by atomic mass is 15.1. The maximum atomic E-state index is 3.31. The highest BCUT2D eigenvalue weighted by Gasteiger charge is 2.16. The van der Waals surface area contributed by atoms with Gasteiger partial charge in [-0.15, -0.1) is 0 Å². The average Bonchev–Trinajstić information content (AvgIpc) is 1.98. The predicted molar refractivity (Wildman–Crippen MR) is 53.4 cm³/mol. The molecule has 0 aliphatic carbocycles. The molecule has 0 aromatic carbocycles. The minimum absolute atomic E-state index is 0.967. The van der Waals surface area contributed by atoms with Gasteiger partial charge in [-0.05, 0) is 52.0 Å². The molecular formula is C10H22N2. The van der Waals surface area contributed by atoms with E-state index in [0.717, 1.165) is 5.92 Å². The number of rotatable bonds is 6.